The Bertz CT molecular complexity index is 750. The lowest BCUT2D eigenvalue weighted by Crippen LogP contribution is -2.39. The first-order chi connectivity index (χ1) is 11.8. The Kier molecular flexibility index (Phi) is 6.15. The lowest BCUT2D eigenvalue weighted by atomic mass is 10.1. The first-order valence-corrected chi connectivity index (χ1v) is 8.48. The van der Waals surface area contributed by atoms with Crippen LogP contribution in [0.5, 0.6) is 0 Å². The summed E-state index contributed by atoms with van der Waals surface area (Å²) in [5.74, 6) is -0.974. The molecule has 1 aromatic carbocycles. The number of hydrogen-bond acceptors (Lipinski definition) is 3. The van der Waals surface area contributed by atoms with Gasteiger partial charge in [-0.2, -0.15) is 0 Å². The predicted octanol–water partition coefficient (Wildman–Crippen LogP) is 2.94. The third-order valence-electron chi connectivity index (χ3n) is 4.75. The van der Waals surface area contributed by atoms with Crippen LogP contribution in [0.4, 0.5) is 0 Å². The molecule has 0 fully saturated rings. The smallest absolute Gasteiger partial charge is 0.320 e. The Morgan fingerprint density at radius 1 is 1.20 bits per heavy atom. The first kappa shape index (κ1) is 18.9. The van der Waals surface area contributed by atoms with Gasteiger partial charge in [0.2, 0.25) is 0 Å². The molecule has 5 heteroatoms. The summed E-state index contributed by atoms with van der Waals surface area (Å²) in [5, 5.41) is 9.06. The maximum absolute atomic E-state index is 12.6. The van der Waals surface area contributed by atoms with Crippen molar-refractivity contribution in [1.82, 2.24) is 9.47 Å². The van der Waals surface area contributed by atoms with Gasteiger partial charge in [0.05, 0.1) is 6.54 Å². The zero-order valence-corrected chi connectivity index (χ0v) is 15.3. The molecule has 0 aliphatic rings. The van der Waals surface area contributed by atoms with E-state index in [0.29, 0.717) is 5.56 Å². The number of carbonyl (C=O) groups is 2. The van der Waals surface area contributed by atoms with Crippen molar-refractivity contribution in [3.05, 3.63) is 58.9 Å². The van der Waals surface area contributed by atoms with E-state index in [1.165, 1.54) is 5.56 Å². The number of Topliss-reactive ketones (excluding diaryl/α,β-unsaturated/α-hetero) is 1. The van der Waals surface area contributed by atoms with Gasteiger partial charge in [-0.25, -0.2) is 0 Å². The maximum Gasteiger partial charge on any atom is 0.320 e. The highest BCUT2D eigenvalue weighted by Crippen LogP contribution is 2.17. The quantitative estimate of drug-likeness (QED) is 0.749. The summed E-state index contributed by atoms with van der Waals surface area (Å²) in [6.45, 7) is 6.44. The van der Waals surface area contributed by atoms with E-state index >= 15 is 0 Å². The van der Waals surface area contributed by atoms with Crippen molar-refractivity contribution < 1.29 is 14.7 Å². The zero-order chi connectivity index (χ0) is 18.6. The lowest BCUT2D eigenvalue weighted by molar-refractivity contribution is -0.141. The van der Waals surface area contributed by atoms with Gasteiger partial charge in [-0.1, -0.05) is 30.3 Å². The van der Waals surface area contributed by atoms with Crippen molar-refractivity contribution in [3.63, 3.8) is 0 Å². The number of likely N-dealkylation sites (N-methyl/N-ethyl adjacent to an activating group) is 1. The van der Waals surface area contributed by atoms with Crippen LogP contribution < -0.4 is 0 Å². The average Bonchev–Trinajstić information content (AvgIpc) is 2.87. The molecule has 0 radical (unpaired) electrons. The number of aromatic nitrogens is 1. The predicted molar refractivity (Wildman–Crippen MR) is 98.1 cm³/mol. The van der Waals surface area contributed by atoms with Crippen molar-refractivity contribution in [3.8, 4) is 0 Å². The number of nitrogens with zero attached hydrogens (tertiary/aromatic N) is 2. The van der Waals surface area contributed by atoms with Crippen molar-refractivity contribution in [2.24, 2.45) is 0 Å². The van der Waals surface area contributed by atoms with Crippen LogP contribution in [-0.2, 0) is 17.8 Å². The summed E-state index contributed by atoms with van der Waals surface area (Å²) >= 11 is 0. The Balaban J connectivity index is 2.10. The fraction of sp³-hybridized carbons (Fsp3) is 0.400. The number of aliphatic carboxylic acids is 1. The summed E-state index contributed by atoms with van der Waals surface area (Å²) in [4.78, 5) is 25.2. The van der Waals surface area contributed by atoms with Crippen molar-refractivity contribution in [1.29, 1.82) is 0 Å². The average molecular weight is 342 g/mol. The maximum atomic E-state index is 12.6. The molecular weight excluding hydrogens is 316 g/mol. The van der Waals surface area contributed by atoms with Gasteiger partial charge in [0.25, 0.3) is 0 Å². The van der Waals surface area contributed by atoms with Crippen LogP contribution in [0.1, 0.15) is 34.2 Å². The van der Waals surface area contributed by atoms with Crippen LogP contribution in [0.3, 0.4) is 0 Å². The van der Waals surface area contributed by atoms with Crippen LogP contribution in [0.15, 0.2) is 36.4 Å². The number of rotatable bonds is 8. The zero-order valence-electron chi connectivity index (χ0n) is 15.3. The van der Waals surface area contributed by atoms with Crippen LogP contribution in [-0.4, -0.2) is 46.0 Å². The molecule has 1 aromatic heterocycles. The molecule has 0 bridgehead atoms. The van der Waals surface area contributed by atoms with Crippen LogP contribution >= 0.6 is 0 Å². The molecule has 1 N–H and O–H groups in total. The second-order valence-corrected chi connectivity index (χ2v) is 6.52. The van der Waals surface area contributed by atoms with Crippen LogP contribution in [0.25, 0.3) is 0 Å². The van der Waals surface area contributed by atoms with Crippen molar-refractivity contribution in [2.45, 2.75) is 39.8 Å². The molecule has 1 heterocycles. The molecular formula is C20H26N2O3. The fourth-order valence-electron chi connectivity index (χ4n) is 2.95. The summed E-state index contributed by atoms with van der Waals surface area (Å²) in [6.07, 6.45) is 0.904. The van der Waals surface area contributed by atoms with E-state index in [1.54, 1.807) is 18.9 Å². The highest BCUT2D eigenvalue weighted by atomic mass is 16.4. The molecule has 5 nitrogen and oxygen atoms in total. The van der Waals surface area contributed by atoms with Crippen LogP contribution in [0.2, 0.25) is 0 Å². The van der Waals surface area contributed by atoms with E-state index in [2.05, 4.69) is 16.7 Å². The van der Waals surface area contributed by atoms with Crippen molar-refractivity contribution in [2.75, 3.05) is 13.6 Å². The molecule has 0 saturated carbocycles. The molecule has 0 saturated heterocycles. The number of hydrogen-bond donors (Lipinski definition) is 1. The van der Waals surface area contributed by atoms with Gasteiger partial charge in [-0.15, -0.1) is 0 Å². The third kappa shape index (κ3) is 4.57. The number of carbonyl (C=O) groups excluding carboxylic acids is 1. The van der Waals surface area contributed by atoms with Gasteiger partial charge in [0, 0.05) is 23.5 Å². The monoisotopic (exact) mass is 342 g/mol. The molecule has 0 amide bonds. The summed E-state index contributed by atoms with van der Waals surface area (Å²) < 4.78 is 2.15. The Hall–Kier alpha value is -2.40. The van der Waals surface area contributed by atoms with E-state index in [1.807, 2.05) is 38.1 Å². The minimum Gasteiger partial charge on any atom is -0.480 e. The normalized spacial score (nSPS) is 12.4. The highest BCUT2D eigenvalue weighted by Gasteiger charge is 2.22. The molecule has 134 valence electrons. The standard InChI is InChI=1S/C20H26N2O3/c1-14-12-18(19(23)13-21(4)16(3)20(24)25)15(2)22(14)11-10-17-8-6-5-7-9-17/h5-9,12,16H,10-11,13H2,1-4H3,(H,24,25). The van der Waals surface area contributed by atoms with Gasteiger partial charge in [-0.3, -0.25) is 14.5 Å². The van der Waals surface area contributed by atoms with Crippen molar-refractivity contribution >= 4 is 11.8 Å². The Morgan fingerprint density at radius 2 is 1.84 bits per heavy atom. The van der Waals surface area contributed by atoms with Gasteiger partial charge < -0.3 is 9.67 Å². The molecule has 2 aromatic rings. The summed E-state index contributed by atoms with van der Waals surface area (Å²) in [5.41, 5.74) is 3.92. The topological polar surface area (TPSA) is 62.5 Å². The number of aryl methyl sites for hydroxylation is 2. The molecule has 0 aliphatic heterocycles. The van der Waals surface area contributed by atoms with E-state index in [9.17, 15) is 9.59 Å². The number of benzene rings is 1. The van der Waals surface area contributed by atoms with E-state index in [0.717, 1.165) is 24.4 Å². The third-order valence-corrected chi connectivity index (χ3v) is 4.75. The van der Waals surface area contributed by atoms with Crippen LogP contribution in [0, 0.1) is 13.8 Å². The first-order valence-electron chi connectivity index (χ1n) is 8.48. The molecule has 0 aliphatic carbocycles. The van der Waals surface area contributed by atoms with Gasteiger partial charge in [-0.05, 0) is 45.9 Å². The largest absolute Gasteiger partial charge is 0.480 e. The number of carboxylic acids is 1. The minimum absolute atomic E-state index is 0.0466. The molecule has 1 atom stereocenters. The van der Waals surface area contributed by atoms with Gasteiger partial charge in [0.1, 0.15) is 6.04 Å². The Morgan fingerprint density at radius 3 is 2.44 bits per heavy atom. The lowest BCUT2D eigenvalue weighted by Gasteiger charge is -2.20. The van der Waals surface area contributed by atoms with E-state index in [-0.39, 0.29) is 12.3 Å². The van der Waals surface area contributed by atoms with E-state index < -0.39 is 12.0 Å². The summed E-state index contributed by atoms with van der Waals surface area (Å²) in [7, 11) is 1.66. The fourth-order valence-corrected chi connectivity index (χ4v) is 2.95. The summed E-state index contributed by atoms with van der Waals surface area (Å²) in [6, 6.07) is 11.5. The molecule has 0 spiro atoms. The van der Waals surface area contributed by atoms with E-state index in [4.69, 9.17) is 5.11 Å². The molecule has 1 unspecified atom stereocenters. The SMILES string of the molecule is Cc1cc(C(=O)CN(C)C(C)C(=O)O)c(C)n1CCc1ccccc1. The van der Waals surface area contributed by atoms with Gasteiger partial charge >= 0.3 is 5.97 Å². The molecule has 25 heavy (non-hydrogen) atoms. The Labute approximate surface area is 148 Å². The second-order valence-electron chi connectivity index (χ2n) is 6.52. The number of ketones is 1. The minimum atomic E-state index is -0.927. The molecule has 2 rings (SSSR count). The van der Waals surface area contributed by atoms with Gasteiger partial charge in [0.15, 0.2) is 5.78 Å². The second kappa shape index (κ2) is 8.12. The highest BCUT2D eigenvalue weighted by molar-refractivity contribution is 5.99. The number of carboxylic acid groups (broad SMARTS) is 1.